The van der Waals surface area contributed by atoms with Crippen molar-refractivity contribution in [1.82, 2.24) is 15.0 Å². The molecule has 1 heterocycles. The lowest BCUT2D eigenvalue weighted by atomic mass is 10.1. The molecule has 1 aromatic heterocycles. The van der Waals surface area contributed by atoms with Crippen molar-refractivity contribution in [1.29, 1.82) is 0 Å². The monoisotopic (exact) mass is 179 g/mol. The van der Waals surface area contributed by atoms with Crippen molar-refractivity contribution in [2.24, 2.45) is 7.05 Å². The van der Waals surface area contributed by atoms with E-state index in [1.165, 1.54) is 4.68 Å². The van der Waals surface area contributed by atoms with E-state index in [0.29, 0.717) is 12.1 Å². The smallest absolute Gasteiger partial charge is 0.184 e. The van der Waals surface area contributed by atoms with Gasteiger partial charge in [-0.3, -0.25) is 9.48 Å². The molecule has 0 atom stereocenters. The summed E-state index contributed by atoms with van der Waals surface area (Å²) >= 11 is 0. The Morgan fingerprint density at radius 1 is 1.77 bits per heavy atom. The molecule has 4 heteroatoms. The topological polar surface area (TPSA) is 47.8 Å². The molecule has 0 spiro atoms. The van der Waals surface area contributed by atoms with Crippen LogP contribution in [0.5, 0.6) is 0 Å². The average Bonchev–Trinajstić information content (AvgIpc) is 2.52. The first-order valence-electron chi connectivity index (χ1n) is 4.24. The van der Waals surface area contributed by atoms with Crippen molar-refractivity contribution >= 4 is 5.78 Å². The first-order chi connectivity index (χ1) is 6.24. The second-order valence-corrected chi connectivity index (χ2v) is 2.88. The third kappa shape index (κ3) is 2.82. The molecular formula is C9H13N3O. The number of hydrogen-bond acceptors (Lipinski definition) is 3. The maximum atomic E-state index is 11.4. The van der Waals surface area contributed by atoms with E-state index >= 15 is 0 Å². The fourth-order valence-electron chi connectivity index (χ4n) is 1.01. The Kier molecular flexibility index (Phi) is 3.37. The summed E-state index contributed by atoms with van der Waals surface area (Å²) in [5, 5.41) is 7.42. The summed E-state index contributed by atoms with van der Waals surface area (Å²) in [4.78, 5) is 11.4. The van der Waals surface area contributed by atoms with Crippen LogP contribution >= 0.6 is 0 Å². The molecule has 0 aliphatic rings. The number of unbranched alkanes of at least 4 members (excludes halogenated alkanes) is 1. The number of Topliss-reactive ketones (excluding diaryl/α,β-unsaturated/α-hetero) is 1. The minimum Gasteiger partial charge on any atom is -0.292 e. The number of carbonyl (C=O) groups excluding carboxylic acids is 1. The maximum absolute atomic E-state index is 11.4. The Morgan fingerprint density at radius 2 is 2.54 bits per heavy atom. The zero-order chi connectivity index (χ0) is 9.68. The van der Waals surface area contributed by atoms with Crippen LogP contribution in [-0.2, 0) is 7.05 Å². The van der Waals surface area contributed by atoms with E-state index in [9.17, 15) is 4.79 Å². The van der Waals surface area contributed by atoms with Crippen LogP contribution in [0.1, 0.15) is 29.8 Å². The molecule has 0 amide bonds. The van der Waals surface area contributed by atoms with Crippen LogP contribution in [0.2, 0.25) is 0 Å². The minimum atomic E-state index is 0.0509. The number of aromatic nitrogens is 3. The van der Waals surface area contributed by atoms with Crippen molar-refractivity contribution in [2.75, 3.05) is 0 Å². The first-order valence-corrected chi connectivity index (χ1v) is 4.24. The van der Waals surface area contributed by atoms with Crippen LogP contribution in [-0.4, -0.2) is 20.8 Å². The Bertz CT molecular complexity index is 304. The predicted molar refractivity (Wildman–Crippen MR) is 49.4 cm³/mol. The summed E-state index contributed by atoms with van der Waals surface area (Å²) < 4.78 is 1.53. The van der Waals surface area contributed by atoms with Gasteiger partial charge in [0.15, 0.2) is 5.78 Å². The molecule has 0 aromatic carbocycles. The van der Waals surface area contributed by atoms with Gasteiger partial charge in [-0.25, -0.2) is 0 Å². The van der Waals surface area contributed by atoms with Crippen LogP contribution in [0.15, 0.2) is 18.9 Å². The van der Waals surface area contributed by atoms with E-state index in [-0.39, 0.29) is 5.78 Å². The van der Waals surface area contributed by atoms with Gasteiger partial charge in [0, 0.05) is 13.5 Å². The molecule has 1 rings (SSSR count). The van der Waals surface area contributed by atoms with Crippen molar-refractivity contribution in [2.45, 2.75) is 19.3 Å². The Hall–Kier alpha value is -1.45. The minimum absolute atomic E-state index is 0.0509. The normalized spacial score (nSPS) is 9.92. The molecule has 0 bridgehead atoms. The predicted octanol–water partition coefficient (Wildman–Crippen LogP) is 1.35. The van der Waals surface area contributed by atoms with Gasteiger partial charge in [-0.15, -0.1) is 11.7 Å². The van der Waals surface area contributed by atoms with Gasteiger partial charge in [0.25, 0.3) is 0 Å². The molecule has 0 unspecified atom stereocenters. The van der Waals surface area contributed by atoms with Gasteiger partial charge in [0.1, 0.15) is 5.69 Å². The summed E-state index contributed by atoms with van der Waals surface area (Å²) in [6, 6.07) is 0. The standard InChI is InChI=1S/C9H13N3O/c1-3-4-5-6-9(13)8-7-12(2)11-10-8/h3,7H,1,4-6H2,2H3. The summed E-state index contributed by atoms with van der Waals surface area (Å²) in [6.45, 7) is 3.59. The van der Waals surface area contributed by atoms with Gasteiger partial charge < -0.3 is 0 Å². The molecular weight excluding hydrogens is 166 g/mol. The number of aryl methyl sites for hydroxylation is 1. The van der Waals surface area contributed by atoms with E-state index in [2.05, 4.69) is 16.9 Å². The Morgan fingerprint density at radius 3 is 3.08 bits per heavy atom. The van der Waals surface area contributed by atoms with Gasteiger partial charge in [-0.05, 0) is 12.8 Å². The Balaban J connectivity index is 2.44. The highest BCUT2D eigenvalue weighted by molar-refractivity contribution is 5.93. The van der Waals surface area contributed by atoms with E-state index < -0.39 is 0 Å². The van der Waals surface area contributed by atoms with Crippen molar-refractivity contribution in [3.8, 4) is 0 Å². The number of carbonyl (C=O) groups is 1. The molecule has 0 saturated carbocycles. The van der Waals surface area contributed by atoms with Crippen LogP contribution in [0.25, 0.3) is 0 Å². The second-order valence-electron chi connectivity index (χ2n) is 2.88. The fraction of sp³-hybridized carbons (Fsp3) is 0.444. The highest BCUT2D eigenvalue weighted by atomic mass is 16.1. The number of rotatable bonds is 5. The third-order valence-electron chi connectivity index (χ3n) is 1.70. The zero-order valence-corrected chi connectivity index (χ0v) is 7.73. The van der Waals surface area contributed by atoms with Gasteiger partial charge in [0.05, 0.1) is 6.20 Å². The molecule has 0 saturated heterocycles. The second kappa shape index (κ2) is 4.54. The van der Waals surface area contributed by atoms with E-state index in [0.717, 1.165) is 12.8 Å². The summed E-state index contributed by atoms with van der Waals surface area (Å²) in [6.07, 6.45) is 5.66. The SMILES string of the molecule is C=CCCCC(=O)c1cn(C)nn1. The molecule has 0 aliphatic carbocycles. The van der Waals surface area contributed by atoms with Crippen molar-refractivity contribution < 1.29 is 4.79 Å². The molecule has 0 N–H and O–H groups in total. The average molecular weight is 179 g/mol. The van der Waals surface area contributed by atoms with Gasteiger partial charge in [-0.2, -0.15) is 0 Å². The van der Waals surface area contributed by atoms with Crippen LogP contribution in [0, 0.1) is 0 Å². The number of nitrogens with zero attached hydrogens (tertiary/aromatic N) is 3. The highest BCUT2D eigenvalue weighted by Crippen LogP contribution is 2.03. The molecule has 4 nitrogen and oxygen atoms in total. The van der Waals surface area contributed by atoms with Gasteiger partial charge >= 0.3 is 0 Å². The molecule has 13 heavy (non-hydrogen) atoms. The Labute approximate surface area is 77.3 Å². The van der Waals surface area contributed by atoms with E-state index in [1.807, 2.05) is 6.08 Å². The molecule has 0 fully saturated rings. The number of hydrogen-bond donors (Lipinski definition) is 0. The molecule has 0 radical (unpaired) electrons. The van der Waals surface area contributed by atoms with Crippen LogP contribution in [0.3, 0.4) is 0 Å². The first kappa shape index (κ1) is 9.64. The lowest BCUT2D eigenvalue weighted by Crippen LogP contribution is -1.98. The van der Waals surface area contributed by atoms with Crippen LogP contribution in [0.4, 0.5) is 0 Å². The lowest BCUT2D eigenvalue weighted by molar-refractivity contribution is 0.0975. The summed E-state index contributed by atoms with van der Waals surface area (Å²) in [5.41, 5.74) is 0.451. The number of allylic oxidation sites excluding steroid dienone is 1. The molecule has 0 aliphatic heterocycles. The van der Waals surface area contributed by atoms with E-state index in [4.69, 9.17) is 0 Å². The molecule has 70 valence electrons. The maximum Gasteiger partial charge on any atom is 0.184 e. The summed E-state index contributed by atoms with van der Waals surface area (Å²) in [5.74, 6) is 0.0509. The fourth-order valence-corrected chi connectivity index (χ4v) is 1.01. The van der Waals surface area contributed by atoms with E-state index in [1.54, 1.807) is 13.2 Å². The third-order valence-corrected chi connectivity index (χ3v) is 1.70. The lowest BCUT2D eigenvalue weighted by Gasteiger charge is -1.92. The van der Waals surface area contributed by atoms with Crippen molar-refractivity contribution in [3.05, 3.63) is 24.5 Å². The number of ketones is 1. The van der Waals surface area contributed by atoms with Gasteiger partial charge in [0.2, 0.25) is 0 Å². The summed E-state index contributed by atoms with van der Waals surface area (Å²) in [7, 11) is 1.74. The molecule has 1 aromatic rings. The van der Waals surface area contributed by atoms with Crippen LogP contribution < -0.4 is 0 Å². The largest absolute Gasteiger partial charge is 0.292 e. The highest BCUT2D eigenvalue weighted by Gasteiger charge is 2.08. The van der Waals surface area contributed by atoms with Crippen molar-refractivity contribution in [3.63, 3.8) is 0 Å². The quantitative estimate of drug-likeness (QED) is 0.389. The van der Waals surface area contributed by atoms with Gasteiger partial charge in [-0.1, -0.05) is 11.3 Å². The zero-order valence-electron chi connectivity index (χ0n) is 7.73.